The number of thiazole rings is 1. The zero-order valence-electron chi connectivity index (χ0n) is 14.9. The van der Waals surface area contributed by atoms with Gasteiger partial charge < -0.3 is 10.1 Å². The Kier molecular flexibility index (Phi) is 4.25. The van der Waals surface area contributed by atoms with Crippen LogP contribution in [0.25, 0.3) is 16.2 Å². The first-order valence-corrected chi connectivity index (χ1v) is 9.87. The van der Waals surface area contributed by atoms with Crippen molar-refractivity contribution in [2.24, 2.45) is 0 Å². The Balaban J connectivity index is 1.22. The molecule has 4 heterocycles. The molecule has 140 valence electrons. The second kappa shape index (κ2) is 7.05. The molecule has 0 saturated heterocycles. The van der Waals surface area contributed by atoms with Gasteiger partial charge in [0.15, 0.2) is 4.96 Å². The number of benzene rings is 1. The minimum atomic E-state index is -0.0951. The summed E-state index contributed by atoms with van der Waals surface area (Å²) in [7, 11) is 0. The van der Waals surface area contributed by atoms with Gasteiger partial charge in [-0.25, -0.2) is 4.98 Å². The summed E-state index contributed by atoms with van der Waals surface area (Å²) < 4.78 is 8.06. The number of ether oxygens (including phenoxy) is 1. The van der Waals surface area contributed by atoms with Crippen LogP contribution in [0.3, 0.4) is 0 Å². The van der Waals surface area contributed by atoms with E-state index in [4.69, 9.17) is 4.74 Å². The van der Waals surface area contributed by atoms with Crippen molar-refractivity contribution in [3.05, 3.63) is 65.8 Å². The fourth-order valence-corrected chi connectivity index (χ4v) is 4.13. The lowest BCUT2D eigenvalue weighted by molar-refractivity contribution is -0.120. The van der Waals surface area contributed by atoms with Gasteiger partial charge in [0.25, 0.3) is 0 Å². The van der Waals surface area contributed by atoms with Gasteiger partial charge in [0.2, 0.25) is 5.91 Å². The first-order chi connectivity index (χ1) is 13.8. The van der Waals surface area contributed by atoms with E-state index >= 15 is 0 Å². The molecule has 5 rings (SSSR count). The first kappa shape index (κ1) is 16.9. The SMILES string of the molecule is O=C(Cc1cn2ccsc2n1)NC[C@@H]1Cc2cccc(-c3cnccn3)c2O1. The number of rotatable bonds is 5. The van der Waals surface area contributed by atoms with Crippen molar-refractivity contribution in [1.29, 1.82) is 0 Å². The average Bonchev–Trinajstić information content (AvgIpc) is 3.41. The van der Waals surface area contributed by atoms with E-state index in [1.165, 1.54) is 0 Å². The lowest BCUT2D eigenvalue weighted by atomic mass is 10.0. The van der Waals surface area contributed by atoms with Gasteiger partial charge in [-0.1, -0.05) is 12.1 Å². The van der Waals surface area contributed by atoms with Crippen LogP contribution in [-0.2, 0) is 17.6 Å². The summed E-state index contributed by atoms with van der Waals surface area (Å²) in [5, 5.41) is 4.93. The number of nitrogens with zero attached hydrogens (tertiary/aromatic N) is 4. The maximum Gasteiger partial charge on any atom is 0.226 e. The maximum absolute atomic E-state index is 12.3. The molecular weight excluding hydrogens is 374 g/mol. The summed E-state index contributed by atoms with van der Waals surface area (Å²) in [6, 6.07) is 6.03. The van der Waals surface area contributed by atoms with E-state index in [0.717, 1.165) is 39.6 Å². The summed E-state index contributed by atoms with van der Waals surface area (Å²) in [6.45, 7) is 0.454. The molecule has 0 spiro atoms. The Labute approximate surface area is 165 Å². The predicted molar refractivity (Wildman–Crippen MR) is 105 cm³/mol. The summed E-state index contributed by atoms with van der Waals surface area (Å²) in [4.78, 5) is 26.1. The Morgan fingerprint density at radius 3 is 3.18 bits per heavy atom. The number of fused-ring (bicyclic) bond motifs is 2. The molecular formula is C20H17N5O2S. The molecule has 0 aliphatic carbocycles. The fourth-order valence-electron chi connectivity index (χ4n) is 3.41. The van der Waals surface area contributed by atoms with Crippen molar-refractivity contribution in [3.8, 4) is 17.0 Å². The van der Waals surface area contributed by atoms with Crippen LogP contribution in [0.1, 0.15) is 11.3 Å². The van der Waals surface area contributed by atoms with Gasteiger partial charge in [-0.3, -0.25) is 19.2 Å². The number of carbonyl (C=O) groups is 1. The number of hydrogen-bond donors (Lipinski definition) is 1. The predicted octanol–water partition coefficient (Wildman–Crippen LogP) is 2.52. The zero-order valence-corrected chi connectivity index (χ0v) is 15.7. The lowest BCUT2D eigenvalue weighted by Gasteiger charge is -2.13. The molecule has 0 bridgehead atoms. The maximum atomic E-state index is 12.3. The number of hydrogen-bond acceptors (Lipinski definition) is 6. The van der Waals surface area contributed by atoms with Gasteiger partial charge in [-0.05, 0) is 11.6 Å². The van der Waals surface area contributed by atoms with Crippen LogP contribution < -0.4 is 10.1 Å². The van der Waals surface area contributed by atoms with Gasteiger partial charge >= 0.3 is 0 Å². The van der Waals surface area contributed by atoms with Crippen molar-refractivity contribution < 1.29 is 9.53 Å². The molecule has 8 heteroatoms. The summed E-state index contributed by atoms with van der Waals surface area (Å²) >= 11 is 1.55. The van der Waals surface area contributed by atoms with Crippen LogP contribution in [0.4, 0.5) is 0 Å². The van der Waals surface area contributed by atoms with E-state index in [2.05, 4.69) is 26.3 Å². The Morgan fingerprint density at radius 2 is 2.32 bits per heavy atom. The molecule has 0 radical (unpaired) electrons. The normalized spacial score (nSPS) is 15.4. The molecule has 0 fully saturated rings. The number of imidazole rings is 1. The zero-order chi connectivity index (χ0) is 18.9. The molecule has 1 N–H and O–H groups in total. The number of carbonyl (C=O) groups excluding carboxylic acids is 1. The minimum absolute atomic E-state index is 0.0561. The van der Waals surface area contributed by atoms with E-state index in [-0.39, 0.29) is 18.4 Å². The van der Waals surface area contributed by atoms with Gasteiger partial charge in [-0.2, -0.15) is 0 Å². The quantitative estimate of drug-likeness (QED) is 0.565. The molecule has 3 aromatic heterocycles. The Hall–Kier alpha value is -3.26. The lowest BCUT2D eigenvalue weighted by Crippen LogP contribution is -2.35. The van der Waals surface area contributed by atoms with E-state index in [0.29, 0.717) is 6.54 Å². The van der Waals surface area contributed by atoms with Crippen LogP contribution in [0.2, 0.25) is 0 Å². The molecule has 1 aliphatic rings. The van der Waals surface area contributed by atoms with Crippen LogP contribution in [0.15, 0.2) is 54.6 Å². The molecule has 28 heavy (non-hydrogen) atoms. The number of nitrogens with one attached hydrogen (secondary N) is 1. The third-order valence-electron chi connectivity index (χ3n) is 4.68. The van der Waals surface area contributed by atoms with Gasteiger partial charge in [0.05, 0.1) is 30.6 Å². The monoisotopic (exact) mass is 391 g/mol. The third kappa shape index (κ3) is 3.22. The molecule has 0 unspecified atom stereocenters. The molecule has 4 aromatic rings. The second-order valence-corrected chi connectivity index (χ2v) is 7.51. The highest BCUT2D eigenvalue weighted by atomic mass is 32.1. The second-order valence-electron chi connectivity index (χ2n) is 6.63. The molecule has 1 aromatic carbocycles. The van der Waals surface area contributed by atoms with Crippen LogP contribution in [0, 0.1) is 0 Å². The minimum Gasteiger partial charge on any atom is -0.487 e. The van der Waals surface area contributed by atoms with E-state index in [1.54, 1.807) is 29.9 Å². The van der Waals surface area contributed by atoms with Crippen LogP contribution in [0.5, 0.6) is 5.75 Å². The topological polar surface area (TPSA) is 81.4 Å². The molecule has 1 aliphatic heterocycles. The highest BCUT2D eigenvalue weighted by Gasteiger charge is 2.26. The van der Waals surface area contributed by atoms with Gasteiger partial charge in [-0.15, -0.1) is 11.3 Å². The van der Waals surface area contributed by atoms with Gasteiger partial charge in [0, 0.05) is 42.2 Å². The van der Waals surface area contributed by atoms with Crippen molar-refractivity contribution in [2.45, 2.75) is 18.9 Å². The Bertz CT molecular complexity index is 1110. The third-order valence-corrected chi connectivity index (χ3v) is 5.45. The van der Waals surface area contributed by atoms with Crippen molar-refractivity contribution in [1.82, 2.24) is 24.7 Å². The van der Waals surface area contributed by atoms with Crippen LogP contribution >= 0.6 is 11.3 Å². The fraction of sp³-hybridized carbons (Fsp3) is 0.200. The van der Waals surface area contributed by atoms with Crippen molar-refractivity contribution >= 4 is 22.2 Å². The largest absolute Gasteiger partial charge is 0.487 e. The summed E-state index contributed by atoms with van der Waals surface area (Å²) in [5.74, 6) is 0.774. The average molecular weight is 391 g/mol. The molecule has 1 atom stereocenters. The number of para-hydroxylation sites is 1. The Morgan fingerprint density at radius 1 is 1.36 bits per heavy atom. The summed E-state index contributed by atoms with van der Waals surface area (Å²) in [5.41, 5.74) is 3.60. The van der Waals surface area contributed by atoms with E-state index in [1.807, 2.05) is 34.3 Å². The molecule has 1 amide bonds. The van der Waals surface area contributed by atoms with E-state index < -0.39 is 0 Å². The number of amides is 1. The molecule has 0 saturated carbocycles. The highest BCUT2D eigenvalue weighted by molar-refractivity contribution is 7.15. The smallest absolute Gasteiger partial charge is 0.226 e. The first-order valence-electron chi connectivity index (χ1n) is 8.99. The summed E-state index contributed by atoms with van der Waals surface area (Å²) in [6.07, 6.45) is 9.79. The number of aromatic nitrogens is 4. The van der Waals surface area contributed by atoms with Crippen molar-refractivity contribution in [2.75, 3.05) is 6.54 Å². The van der Waals surface area contributed by atoms with Crippen molar-refractivity contribution in [3.63, 3.8) is 0 Å². The van der Waals surface area contributed by atoms with E-state index in [9.17, 15) is 4.79 Å². The van der Waals surface area contributed by atoms with Gasteiger partial charge in [0.1, 0.15) is 11.9 Å². The highest BCUT2D eigenvalue weighted by Crippen LogP contribution is 2.37. The molecule has 7 nitrogen and oxygen atoms in total. The standard InChI is InChI=1S/C20H17N5O2S/c26-18(9-14-12-25-6-7-28-20(25)24-14)23-10-15-8-13-2-1-3-16(19(13)27-15)17-11-21-4-5-22-17/h1-7,11-12,15H,8-10H2,(H,23,26)/t15-/m0/s1. The van der Waals surface area contributed by atoms with Crippen LogP contribution in [-0.4, -0.2) is 37.9 Å².